The van der Waals surface area contributed by atoms with Crippen molar-refractivity contribution in [1.82, 2.24) is 0 Å². The minimum atomic E-state index is -2.17. The van der Waals surface area contributed by atoms with Gasteiger partial charge in [-0.2, -0.15) is 0 Å². The number of carboxylic acid groups (broad SMARTS) is 2. The van der Waals surface area contributed by atoms with E-state index in [1.165, 1.54) is 0 Å². The Morgan fingerprint density at radius 1 is 1.14 bits per heavy atom. The summed E-state index contributed by atoms with van der Waals surface area (Å²) in [5.41, 5.74) is 0. The summed E-state index contributed by atoms with van der Waals surface area (Å²) >= 11 is 3.03. The van der Waals surface area contributed by atoms with Crippen LogP contribution in [0.4, 0.5) is 0 Å². The molecule has 0 spiro atoms. The quantitative estimate of drug-likeness (QED) is 0.129. The Morgan fingerprint density at radius 2 is 1.21 bits per heavy atom. The zero-order chi connectivity index (χ0) is 11.4. The van der Waals surface area contributed by atoms with Gasteiger partial charge in [-0.05, 0) is 0 Å². The molecule has 5 N–H and O–H groups in total. The maximum atomic E-state index is 9.10. The number of hydrogen-bond acceptors (Lipinski definition) is 5. The van der Waals surface area contributed by atoms with E-state index in [1.54, 1.807) is 0 Å². The normalized spacial score (nSPS) is 6.36. The summed E-state index contributed by atoms with van der Waals surface area (Å²) < 4.78 is 0. The molecular weight excluding hydrogens is 258 g/mol. The Balaban J connectivity index is -0.0000000553. The molecule has 0 amide bonds. The topological polar surface area (TPSA) is 135 Å². The van der Waals surface area contributed by atoms with E-state index in [2.05, 4.69) is 22.9 Å². The van der Waals surface area contributed by atoms with Gasteiger partial charge in [0.25, 0.3) is 0 Å². The van der Waals surface area contributed by atoms with Crippen LogP contribution in [-0.4, -0.2) is 49.9 Å². The van der Waals surface area contributed by atoms with Crippen LogP contribution in [0.1, 0.15) is 0 Å². The summed E-state index contributed by atoms with van der Waals surface area (Å²) in [5.74, 6) is -3.65. The molecule has 0 aromatic rings. The zero-order valence-corrected chi connectivity index (χ0v) is 9.01. The molecule has 0 bridgehead atoms. The molecule has 78 valence electrons. The second-order valence-electron chi connectivity index (χ2n) is 1.15. The van der Waals surface area contributed by atoms with Crippen LogP contribution in [0, 0.1) is 6.92 Å². The van der Waals surface area contributed by atoms with Crippen LogP contribution < -0.4 is 18.9 Å². The molecule has 0 saturated carbocycles. The van der Waals surface area contributed by atoms with Crippen LogP contribution in [0.3, 0.4) is 0 Å². The third-order valence-electron chi connectivity index (χ3n) is 0.183. The minimum Gasteiger partial charge on any atom is -0.473 e. The molecule has 0 rings (SSSR count). The number of alkyl halides is 1. The second kappa shape index (κ2) is 18.7. The molecule has 0 radical (unpaired) electrons. The van der Waals surface area contributed by atoms with Crippen molar-refractivity contribution in [3.8, 4) is 0 Å². The number of hydrogen-bond donors (Lipinski definition) is 5. The van der Waals surface area contributed by atoms with Crippen LogP contribution in [0.5, 0.6) is 0 Å². The number of carboxylic acids is 2. The average molecular weight is 267 g/mol. The Labute approximate surface area is 101 Å². The Morgan fingerprint density at radius 3 is 1.21 bits per heavy atom. The summed E-state index contributed by atoms with van der Waals surface area (Å²) in [7, 11) is -2.17. The summed E-state index contributed by atoms with van der Waals surface area (Å²) in [6.45, 7) is 3.40. The molecule has 0 aromatic heterocycles. The maximum Gasteiger partial charge on any atom is 1.00 e. The third-order valence-corrected chi connectivity index (χ3v) is 0.183. The molecule has 14 heavy (non-hydrogen) atoms. The van der Waals surface area contributed by atoms with E-state index >= 15 is 0 Å². The first-order valence-electron chi connectivity index (χ1n) is 2.65. The smallest absolute Gasteiger partial charge is 0.473 e. The van der Waals surface area contributed by atoms with Crippen LogP contribution in [-0.2, 0) is 9.59 Å². The van der Waals surface area contributed by atoms with Crippen molar-refractivity contribution in [1.29, 1.82) is 0 Å². The number of halogens is 1. The fraction of sp³-hybridized carbons (Fsp3) is 0.250. The van der Waals surface area contributed by atoms with Crippen molar-refractivity contribution in [2.24, 2.45) is 0 Å². The average Bonchev–Trinajstić information content (AvgIpc) is 1.87. The molecule has 0 fully saturated rings. The van der Waals surface area contributed by atoms with E-state index in [4.69, 9.17) is 34.9 Å². The summed E-state index contributed by atoms with van der Waals surface area (Å²) in [6.07, 6.45) is 0. The van der Waals surface area contributed by atoms with E-state index in [9.17, 15) is 0 Å². The van der Waals surface area contributed by atoms with E-state index in [1.807, 2.05) is 0 Å². The minimum absolute atomic E-state index is 0. The van der Waals surface area contributed by atoms with E-state index in [0.29, 0.717) is 0 Å². The van der Waals surface area contributed by atoms with Gasteiger partial charge in [0.2, 0.25) is 0 Å². The van der Waals surface area contributed by atoms with Crippen LogP contribution in [0.15, 0.2) is 0 Å². The van der Waals surface area contributed by atoms with Gasteiger partial charge < -0.3 is 32.2 Å². The van der Waals surface area contributed by atoms with E-state index in [-0.39, 0.29) is 18.9 Å². The molecule has 0 aliphatic heterocycles. The first kappa shape index (κ1) is 23.6. The van der Waals surface area contributed by atoms with Gasteiger partial charge in [0, 0.05) is 0 Å². The zero-order valence-electron chi connectivity index (χ0n) is 7.42. The second-order valence-corrected chi connectivity index (χ2v) is 1.94. The van der Waals surface area contributed by atoms with Gasteiger partial charge in [-0.1, -0.05) is 0 Å². The van der Waals surface area contributed by atoms with Gasteiger partial charge in [-0.25, -0.2) is 9.59 Å². The Bertz CT molecular complexity index is 129. The molecule has 0 aliphatic carbocycles. The molecule has 10 heteroatoms. The fourth-order valence-electron chi connectivity index (χ4n) is 0. The van der Waals surface area contributed by atoms with Crippen molar-refractivity contribution < 1.29 is 53.7 Å². The van der Waals surface area contributed by atoms with Gasteiger partial charge in [-0.3, -0.25) is 0 Å². The van der Waals surface area contributed by atoms with Crippen molar-refractivity contribution in [3.05, 3.63) is 6.92 Å². The number of aliphatic carboxylic acids is 2. The van der Waals surface area contributed by atoms with Crippen molar-refractivity contribution in [2.75, 3.05) is 5.33 Å². The molecule has 0 heterocycles. The predicted molar refractivity (Wildman–Crippen MR) is 46.8 cm³/mol. The van der Waals surface area contributed by atoms with Gasteiger partial charge in [0.05, 0.1) is 0 Å². The van der Waals surface area contributed by atoms with Crippen molar-refractivity contribution >= 4 is 35.2 Å². The predicted octanol–water partition coefficient (Wildman–Crippen LogP) is -4.68. The molecule has 0 saturated heterocycles. The molecule has 0 unspecified atom stereocenters. The van der Waals surface area contributed by atoms with Gasteiger partial charge in [0.15, 0.2) is 0 Å². The van der Waals surface area contributed by atoms with Crippen LogP contribution in [0.2, 0.25) is 0 Å². The maximum absolute atomic E-state index is 9.10. The first-order chi connectivity index (χ1) is 5.79. The first-order valence-corrected chi connectivity index (χ1v) is 3.77. The third kappa shape index (κ3) is 91.6. The number of rotatable bonds is 0. The van der Waals surface area contributed by atoms with Gasteiger partial charge in [0.1, 0.15) is 0 Å². The largest absolute Gasteiger partial charge is 1.00 e. The molecule has 0 aromatic carbocycles. The number of carbonyl (C=O) groups is 2. The van der Waals surface area contributed by atoms with Crippen molar-refractivity contribution in [2.45, 2.75) is 0 Å². The van der Waals surface area contributed by atoms with Gasteiger partial charge >= 0.3 is 38.1 Å². The van der Waals surface area contributed by atoms with E-state index < -0.39 is 19.3 Å². The van der Waals surface area contributed by atoms with Crippen LogP contribution >= 0.6 is 15.9 Å². The van der Waals surface area contributed by atoms with Crippen LogP contribution in [0.25, 0.3) is 0 Å². The van der Waals surface area contributed by atoms with Crippen molar-refractivity contribution in [3.63, 3.8) is 0 Å². The molecule has 0 atom stereocenters. The molecule has 0 aliphatic rings. The summed E-state index contributed by atoms with van der Waals surface area (Å²) in [5, 5.41) is 37.1. The summed E-state index contributed by atoms with van der Waals surface area (Å²) in [6, 6.07) is 0. The summed E-state index contributed by atoms with van der Waals surface area (Å²) in [4.78, 5) is 18.2. The van der Waals surface area contributed by atoms with E-state index in [0.717, 1.165) is 5.33 Å². The SMILES string of the molecule is O=C(O)C(=O)O.OB(O)O.[CH2-]CBr.[Li+]. The Kier molecular flexibility index (Phi) is 31.6. The standard InChI is InChI=1S/C2H4Br.C2H2O4.BH3O3.Li/c1-2-3;3-1(4)2(5)6;2-1(3)4;/h1-2H2;(H,3,4)(H,5,6);2-4H;/q-1;;;+1. The Hall–Kier alpha value is -0.0377. The molecular formula is C4H9BBrLiO7. The van der Waals surface area contributed by atoms with Gasteiger partial charge in [-0.15, -0.1) is 21.3 Å². The molecule has 7 nitrogen and oxygen atoms in total. The monoisotopic (exact) mass is 266 g/mol. The fourth-order valence-corrected chi connectivity index (χ4v) is 0.